The van der Waals surface area contributed by atoms with Crippen LogP contribution in [0.1, 0.15) is 71.1 Å². The minimum atomic E-state index is -0.646. The summed E-state index contributed by atoms with van der Waals surface area (Å²) in [5, 5.41) is 38.2. The molecule has 1 aliphatic carbocycles. The molecule has 1 saturated carbocycles. The summed E-state index contributed by atoms with van der Waals surface area (Å²) in [5.74, 6) is -0.216. The Balaban J connectivity index is 2.40. The Morgan fingerprint density at radius 1 is 1.08 bits per heavy atom. The van der Waals surface area contributed by atoms with Gasteiger partial charge in [0.1, 0.15) is 5.78 Å². The quantitative estimate of drug-likeness (QED) is 0.300. The number of aliphatic hydroxyl groups excluding tert-OH is 4. The van der Waals surface area contributed by atoms with Crippen molar-refractivity contribution in [2.45, 2.75) is 89.4 Å². The molecule has 0 saturated heterocycles. The molecule has 0 heterocycles. The molecule has 1 aliphatic rings. The van der Waals surface area contributed by atoms with Crippen LogP contribution in [0.4, 0.5) is 0 Å². The third-order valence-electron chi connectivity index (χ3n) is 5.08. The Hall–Kier alpha value is -0.750. The first-order valence-corrected chi connectivity index (χ1v) is 9.81. The van der Waals surface area contributed by atoms with Crippen LogP contribution in [0.5, 0.6) is 0 Å². The molecular formula is C20H36O5. The number of unbranched alkanes of at least 4 members (excludes halogenated alkanes) is 4. The fourth-order valence-corrected chi connectivity index (χ4v) is 3.57. The summed E-state index contributed by atoms with van der Waals surface area (Å²) in [5.41, 5.74) is 0. The highest BCUT2D eigenvalue weighted by molar-refractivity contribution is 5.84. The van der Waals surface area contributed by atoms with Crippen LogP contribution in [-0.4, -0.2) is 51.1 Å². The third kappa shape index (κ3) is 8.95. The van der Waals surface area contributed by atoms with E-state index < -0.39 is 12.2 Å². The Morgan fingerprint density at radius 3 is 2.44 bits per heavy atom. The van der Waals surface area contributed by atoms with Gasteiger partial charge in [0.25, 0.3) is 0 Å². The highest BCUT2D eigenvalue weighted by Crippen LogP contribution is 2.34. The Labute approximate surface area is 151 Å². The largest absolute Gasteiger partial charge is 0.396 e. The first kappa shape index (κ1) is 22.3. The highest BCUT2D eigenvalue weighted by atomic mass is 16.3. The number of ketones is 1. The molecule has 1 rings (SSSR count). The van der Waals surface area contributed by atoms with E-state index in [2.05, 4.69) is 0 Å². The third-order valence-corrected chi connectivity index (χ3v) is 5.08. The van der Waals surface area contributed by atoms with Crippen LogP contribution in [0.3, 0.4) is 0 Å². The van der Waals surface area contributed by atoms with Gasteiger partial charge in [0.05, 0.1) is 18.3 Å². The van der Waals surface area contributed by atoms with E-state index in [1.165, 1.54) is 0 Å². The van der Waals surface area contributed by atoms with Gasteiger partial charge in [0, 0.05) is 24.9 Å². The zero-order valence-corrected chi connectivity index (χ0v) is 15.5. The maximum absolute atomic E-state index is 12.1. The van der Waals surface area contributed by atoms with Crippen molar-refractivity contribution in [3.05, 3.63) is 12.2 Å². The molecule has 1 fully saturated rings. The summed E-state index contributed by atoms with van der Waals surface area (Å²) in [6.45, 7) is 1.97. The van der Waals surface area contributed by atoms with Crippen molar-refractivity contribution in [3.63, 3.8) is 0 Å². The van der Waals surface area contributed by atoms with Crippen LogP contribution in [0.2, 0.25) is 0 Å². The Morgan fingerprint density at radius 2 is 1.76 bits per heavy atom. The average Bonchev–Trinajstić information content (AvgIpc) is 2.81. The van der Waals surface area contributed by atoms with E-state index in [-0.39, 0.29) is 36.8 Å². The molecule has 0 radical (unpaired) electrons. The molecule has 0 aromatic heterocycles. The Bertz CT molecular complexity index is 394. The maximum Gasteiger partial charge on any atom is 0.139 e. The first-order chi connectivity index (χ1) is 12.0. The second kappa shape index (κ2) is 12.6. The van der Waals surface area contributed by atoms with Crippen molar-refractivity contribution in [1.29, 1.82) is 0 Å². The number of carbonyl (C=O) groups is 1. The maximum atomic E-state index is 12.1. The molecule has 0 spiro atoms. The van der Waals surface area contributed by atoms with Crippen molar-refractivity contribution < 1.29 is 25.2 Å². The van der Waals surface area contributed by atoms with Crippen molar-refractivity contribution in [2.75, 3.05) is 6.61 Å². The summed E-state index contributed by atoms with van der Waals surface area (Å²) in [6.07, 6.45) is 9.79. The average molecular weight is 357 g/mol. The molecule has 0 aromatic carbocycles. The number of aliphatic hydroxyl groups is 4. The molecule has 0 bridgehead atoms. The van der Waals surface area contributed by atoms with Crippen LogP contribution in [0, 0.1) is 11.8 Å². The first-order valence-electron chi connectivity index (χ1n) is 9.81. The van der Waals surface area contributed by atoms with Gasteiger partial charge in [-0.2, -0.15) is 0 Å². The van der Waals surface area contributed by atoms with Crippen molar-refractivity contribution in [2.24, 2.45) is 11.8 Å². The molecule has 0 aromatic rings. The smallest absolute Gasteiger partial charge is 0.139 e. The predicted octanol–water partition coefficient (Wildman–Crippen LogP) is 2.35. The topological polar surface area (TPSA) is 98.0 Å². The highest BCUT2D eigenvalue weighted by Gasteiger charge is 2.39. The molecule has 0 unspecified atom stereocenters. The van der Waals surface area contributed by atoms with E-state index in [1.807, 2.05) is 6.08 Å². The second-order valence-corrected chi connectivity index (χ2v) is 7.43. The van der Waals surface area contributed by atoms with Gasteiger partial charge in [0.2, 0.25) is 0 Å². The second-order valence-electron chi connectivity index (χ2n) is 7.43. The van der Waals surface area contributed by atoms with E-state index in [4.69, 9.17) is 5.11 Å². The molecule has 5 atom stereocenters. The van der Waals surface area contributed by atoms with Crippen molar-refractivity contribution >= 4 is 5.78 Å². The lowest BCUT2D eigenvalue weighted by atomic mass is 9.88. The summed E-state index contributed by atoms with van der Waals surface area (Å²) >= 11 is 0. The van der Waals surface area contributed by atoms with Gasteiger partial charge in [-0.05, 0) is 39.0 Å². The molecular weight excluding hydrogens is 320 g/mol. The van der Waals surface area contributed by atoms with Gasteiger partial charge in [-0.1, -0.05) is 37.8 Å². The van der Waals surface area contributed by atoms with E-state index in [1.54, 1.807) is 13.0 Å². The molecule has 5 heteroatoms. The fourth-order valence-electron chi connectivity index (χ4n) is 3.57. The predicted molar refractivity (Wildman–Crippen MR) is 98.1 cm³/mol. The van der Waals surface area contributed by atoms with Crippen LogP contribution < -0.4 is 0 Å². The van der Waals surface area contributed by atoms with Gasteiger partial charge >= 0.3 is 0 Å². The lowest BCUT2D eigenvalue weighted by molar-refractivity contribution is -0.121. The van der Waals surface area contributed by atoms with E-state index in [0.717, 1.165) is 44.9 Å². The molecule has 5 nitrogen and oxygen atoms in total. The normalized spacial score (nSPS) is 26.4. The fraction of sp³-hybridized carbons (Fsp3) is 0.850. The summed E-state index contributed by atoms with van der Waals surface area (Å²) in [7, 11) is 0. The van der Waals surface area contributed by atoms with Crippen molar-refractivity contribution in [3.8, 4) is 0 Å². The number of hydrogen-bond donors (Lipinski definition) is 4. The monoisotopic (exact) mass is 356 g/mol. The van der Waals surface area contributed by atoms with E-state index in [0.29, 0.717) is 12.8 Å². The van der Waals surface area contributed by atoms with E-state index >= 15 is 0 Å². The Kier molecular flexibility index (Phi) is 11.2. The minimum absolute atomic E-state index is 0.126. The van der Waals surface area contributed by atoms with Gasteiger partial charge in [-0.15, -0.1) is 0 Å². The number of carbonyl (C=O) groups excluding carboxylic acids is 1. The number of hydrogen-bond acceptors (Lipinski definition) is 5. The van der Waals surface area contributed by atoms with Gasteiger partial charge in [-0.3, -0.25) is 4.79 Å². The van der Waals surface area contributed by atoms with Gasteiger partial charge in [-0.25, -0.2) is 0 Å². The van der Waals surface area contributed by atoms with Crippen LogP contribution in [0.25, 0.3) is 0 Å². The summed E-state index contributed by atoms with van der Waals surface area (Å²) < 4.78 is 0. The molecule has 25 heavy (non-hydrogen) atoms. The molecule has 4 N–H and O–H groups in total. The van der Waals surface area contributed by atoms with Gasteiger partial charge in [0.15, 0.2) is 0 Å². The molecule has 0 amide bonds. The summed E-state index contributed by atoms with van der Waals surface area (Å²) in [4.78, 5) is 12.1. The van der Waals surface area contributed by atoms with E-state index in [9.17, 15) is 20.1 Å². The molecule has 146 valence electrons. The summed E-state index contributed by atoms with van der Waals surface area (Å²) in [6, 6.07) is 0. The van der Waals surface area contributed by atoms with Crippen LogP contribution in [-0.2, 0) is 4.79 Å². The SMILES string of the molecule is C[C@H](O)CCC[C@H](O)C=C[C@H]1[C@H](O)CC(=O)[C@@H]1CCCCCCCO. The lowest BCUT2D eigenvalue weighted by Gasteiger charge is -2.18. The van der Waals surface area contributed by atoms with Crippen LogP contribution >= 0.6 is 0 Å². The minimum Gasteiger partial charge on any atom is -0.396 e. The van der Waals surface area contributed by atoms with Crippen LogP contribution in [0.15, 0.2) is 12.2 Å². The van der Waals surface area contributed by atoms with Crippen molar-refractivity contribution in [1.82, 2.24) is 0 Å². The standard InChI is InChI=1S/C20H36O5/c1-15(22)8-7-9-16(23)11-12-18-17(19(24)14-20(18)25)10-5-3-2-4-6-13-21/h11-12,15-18,20-23,25H,2-10,13-14H2,1H3/t15-,16-,17+,18+,20+/m0/s1. The zero-order valence-electron chi connectivity index (χ0n) is 15.5. The van der Waals surface area contributed by atoms with Gasteiger partial charge < -0.3 is 20.4 Å². The number of rotatable bonds is 13. The zero-order chi connectivity index (χ0) is 18.7. The molecule has 0 aliphatic heterocycles. The lowest BCUT2D eigenvalue weighted by Crippen LogP contribution is -2.19. The number of Topliss-reactive ketones (excluding diaryl/α,β-unsaturated/α-hetero) is 1.